The van der Waals surface area contributed by atoms with Crippen LogP contribution in [-0.4, -0.2) is 49.9 Å². The van der Waals surface area contributed by atoms with Gasteiger partial charge in [0, 0.05) is 12.1 Å². The van der Waals surface area contributed by atoms with Gasteiger partial charge in [-0.15, -0.1) is 0 Å². The number of aryl methyl sites for hydroxylation is 2. The lowest BCUT2D eigenvalue weighted by Crippen LogP contribution is -2.52. The molecule has 1 aliphatic rings. The quantitative estimate of drug-likeness (QED) is 0.320. The number of hydrogen-bond acceptors (Lipinski definition) is 2. The van der Waals surface area contributed by atoms with Crippen molar-refractivity contribution in [2.75, 3.05) is 32.7 Å². The van der Waals surface area contributed by atoms with Crippen LogP contribution < -0.4 is 0 Å². The summed E-state index contributed by atoms with van der Waals surface area (Å²) in [5.74, 6) is 0.500. The summed E-state index contributed by atoms with van der Waals surface area (Å²) in [7, 11) is -3.55. The number of quaternary nitrogens is 1. The van der Waals surface area contributed by atoms with Gasteiger partial charge in [0.15, 0.2) is 0 Å². The van der Waals surface area contributed by atoms with Crippen molar-refractivity contribution in [3.05, 3.63) is 77.4 Å². The summed E-state index contributed by atoms with van der Waals surface area (Å²) < 4.78 is 30.3. The summed E-state index contributed by atoms with van der Waals surface area (Å²) in [5.41, 5.74) is 3.91. The molecule has 0 aliphatic heterocycles. The maximum Gasteiger partial charge on any atom is 0.243 e. The molecule has 4 nitrogen and oxygen atoms in total. The first-order valence-electron chi connectivity index (χ1n) is 12.7. The highest BCUT2D eigenvalue weighted by molar-refractivity contribution is 7.89. The molecule has 0 unspecified atom stereocenters. The zero-order chi connectivity index (χ0) is 24.3. The van der Waals surface area contributed by atoms with E-state index in [-0.39, 0.29) is 0 Å². The highest BCUT2D eigenvalue weighted by atomic mass is 32.2. The number of likely N-dealkylation sites (N-methyl/N-ethyl adjacent to an activating group) is 1. The van der Waals surface area contributed by atoms with Crippen LogP contribution in [0.5, 0.6) is 0 Å². The largest absolute Gasteiger partial charge is 0.319 e. The maximum atomic E-state index is 13.8. The molecule has 1 aliphatic carbocycles. The van der Waals surface area contributed by atoms with Gasteiger partial charge < -0.3 is 4.48 Å². The van der Waals surface area contributed by atoms with Gasteiger partial charge in [-0.25, -0.2) is 8.42 Å². The van der Waals surface area contributed by atoms with Crippen molar-refractivity contribution in [2.45, 2.75) is 52.0 Å². The van der Waals surface area contributed by atoms with E-state index in [1.165, 1.54) is 16.7 Å². The van der Waals surface area contributed by atoms with Crippen molar-refractivity contribution in [3.63, 3.8) is 0 Å². The summed E-state index contributed by atoms with van der Waals surface area (Å²) >= 11 is 0. The molecule has 0 aromatic heterocycles. The Labute approximate surface area is 205 Å². The average molecular weight is 480 g/mol. The molecule has 34 heavy (non-hydrogen) atoms. The van der Waals surface area contributed by atoms with Crippen LogP contribution >= 0.6 is 0 Å². The Morgan fingerprint density at radius 2 is 1.53 bits per heavy atom. The Bertz CT molecular complexity index is 1220. The second-order valence-electron chi connectivity index (χ2n) is 10.2. The SMILES string of the molecule is CC[N+](CC)(CCN(CC1CC1)S(=O)(=O)c1ccc2ccccc2c1)Cc1cc(C)cc(C)c1. The first kappa shape index (κ1) is 24.9. The fourth-order valence-corrected chi connectivity index (χ4v) is 6.63. The van der Waals surface area contributed by atoms with Crippen molar-refractivity contribution in [1.82, 2.24) is 4.31 Å². The van der Waals surface area contributed by atoms with Gasteiger partial charge in [-0.05, 0) is 69.4 Å². The van der Waals surface area contributed by atoms with Crippen LogP contribution in [0.2, 0.25) is 0 Å². The third kappa shape index (κ3) is 5.70. The van der Waals surface area contributed by atoms with Gasteiger partial charge in [-0.1, -0.05) is 59.7 Å². The Hall–Kier alpha value is -2.21. The van der Waals surface area contributed by atoms with Crippen LogP contribution in [0.15, 0.2) is 65.6 Å². The predicted octanol–water partition coefficient (Wildman–Crippen LogP) is 5.91. The Morgan fingerprint density at radius 1 is 0.882 bits per heavy atom. The summed E-state index contributed by atoms with van der Waals surface area (Å²) in [6, 6.07) is 20.3. The molecule has 5 heteroatoms. The monoisotopic (exact) mass is 479 g/mol. The summed E-state index contributed by atoms with van der Waals surface area (Å²) in [6.07, 6.45) is 2.27. The highest BCUT2D eigenvalue weighted by Gasteiger charge is 2.34. The number of sulfonamides is 1. The van der Waals surface area contributed by atoms with Crippen molar-refractivity contribution in [2.24, 2.45) is 5.92 Å². The van der Waals surface area contributed by atoms with E-state index in [1.54, 1.807) is 10.4 Å². The molecule has 0 spiro atoms. The van der Waals surface area contributed by atoms with E-state index in [9.17, 15) is 8.42 Å². The molecule has 4 rings (SSSR count). The molecule has 3 aromatic carbocycles. The van der Waals surface area contributed by atoms with Gasteiger partial charge in [0.2, 0.25) is 10.0 Å². The van der Waals surface area contributed by atoms with E-state index in [0.717, 1.165) is 54.3 Å². The zero-order valence-corrected chi connectivity index (χ0v) is 21.9. The van der Waals surface area contributed by atoms with Crippen LogP contribution in [0.1, 0.15) is 43.4 Å². The number of nitrogens with zero attached hydrogens (tertiary/aromatic N) is 2. The molecule has 0 radical (unpaired) electrons. The van der Waals surface area contributed by atoms with Crippen molar-refractivity contribution in [3.8, 4) is 0 Å². The lowest BCUT2D eigenvalue weighted by molar-refractivity contribution is -0.937. The Balaban J connectivity index is 1.58. The first-order valence-corrected chi connectivity index (χ1v) is 14.1. The molecule has 0 heterocycles. The second kappa shape index (κ2) is 10.2. The van der Waals surface area contributed by atoms with E-state index in [2.05, 4.69) is 45.9 Å². The van der Waals surface area contributed by atoms with Crippen LogP contribution in [0.3, 0.4) is 0 Å². The molecular formula is C29H39N2O2S+. The van der Waals surface area contributed by atoms with E-state index in [1.807, 2.05) is 36.4 Å². The number of fused-ring (bicyclic) bond motifs is 1. The molecule has 0 saturated heterocycles. The third-order valence-corrected chi connectivity index (χ3v) is 9.34. The third-order valence-electron chi connectivity index (χ3n) is 7.48. The van der Waals surface area contributed by atoms with E-state index in [4.69, 9.17) is 0 Å². The van der Waals surface area contributed by atoms with Gasteiger partial charge >= 0.3 is 0 Å². The average Bonchev–Trinajstić information content (AvgIpc) is 3.64. The minimum atomic E-state index is -3.55. The summed E-state index contributed by atoms with van der Waals surface area (Å²) in [5, 5.41) is 2.04. The molecule has 3 aromatic rings. The minimum Gasteiger partial charge on any atom is -0.319 e. The van der Waals surface area contributed by atoms with Crippen LogP contribution in [-0.2, 0) is 16.6 Å². The molecular weight excluding hydrogens is 440 g/mol. The molecule has 1 saturated carbocycles. The Kier molecular flexibility index (Phi) is 7.46. The fourth-order valence-electron chi connectivity index (χ4n) is 5.09. The number of rotatable bonds is 11. The summed E-state index contributed by atoms with van der Waals surface area (Å²) in [4.78, 5) is 0.409. The molecule has 182 valence electrons. The van der Waals surface area contributed by atoms with E-state index >= 15 is 0 Å². The van der Waals surface area contributed by atoms with E-state index in [0.29, 0.717) is 23.9 Å². The number of benzene rings is 3. The van der Waals surface area contributed by atoms with Crippen molar-refractivity contribution in [1.29, 1.82) is 0 Å². The zero-order valence-electron chi connectivity index (χ0n) is 21.1. The second-order valence-corrected chi connectivity index (χ2v) is 12.1. The Morgan fingerprint density at radius 3 is 2.15 bits per heavy atom. The van der Waals surface area contributed by atoms with Gasteiger partial charge in [0.25, 0.3) is 0 Å². The minimum absolute atomic E-state index is 0.409. The van der Waals surface area contributed by atoms with Crippen LogP contribution in [0, 0.1) is 19.8 Å². The van der Waals surface area contributed by atoms with Gasteiger partial charge in [0.05, 0.1) is 31.1 Å². The number of hydrogen-bond donors (Lipinski definition) is 0. The molecule has 0 bridgehead atoms. The highest BCUT2D eigenvalue weighted by Crippen LogP contribution is 2.32. The smallest absolute Gasteiger partial charge is 0.243 e. The lowest BCUT2D eigenvalue weighted by atomic mass is 10.1. The van der Waals surface area contributed by atoms with Gasteiger partial charge in [-0.3, -0.25) is 0 Å². The molecule has 0 atom stereocenters. The van der Waals surface area contributed by atoms with E-state index < -0.39 is 10.0 Å². The first-order chi connectivity index (χ1) is 16.2. The summed E-state index contributed by atoms with van der Waals surface area (Å²) in [6.45, 7) is 13.7. The standard InChI is InChI=1S/C29H39N2O2S/c1-5-31(6-2,22-26-18-23(3)17-24(4)19-26)16-15-30(21-25-11-12-25)34(32,33)29-14-13-27-9-7-8-10-28(27)20-29/h7-10,13-14,17-20,25H,5-6,11-12,15-16,21-22H2,1-4H3/q+1. The maximum absolute atomic E-state index is 13.8. The van der Waals surface area contributed by atoms with Gasteiger partial charge in [0.1, 0.15) is 6.54 Å². The van der Waals surface area contributed by atoms with Crippen molar-refractivity contribution < 1.29 is 12.9 Å². The lowest BCUT2D eigenvalue weighted by Gasteiger charge is -2.38. The van der Waals surface area contributed by atoms with Gasteiger partial charge in [-0.2, -0.15) is 4.31 Å². The van der Waals surface area contributed by atoms with Crippen LogP contribution in [0.4, 0.5) is 0 Å². The van der Waals surface area contributed by atoms with Crippen LogP contribution in [0.25, 0.3) is 10.8 Å². The molecule has 0 amide bonds. The predicted molar refractivity (Wildman–Crippen MR) is 141 cm³/mol. The topological polar surface area (TPSA) is 37.4 Å². The molecule has 0 N–H and O–H groups in total. The molecule has 1 fully saturated rings. The fraction of sp³-hybridized carbons (Fsp3) is 0.448. The van der Waals surface area contributed by atoms with Crippen molar-refractivity contribution >= 4 is 20.8 Å². The normalized spacial score (nSPS) is 14.7.